The number of piperidine rings is 1. The maximum Gasteiger partial charge on any atom is 0.329 e. The summed E-state index contributed by atoms with van der Waals surface area (Å²) in [5.41, 5.74) is 5.37. The Bertz CT molecular complexity index is 2310. The average molecular weight is 738 g/mol. The Kier molecular flexibility index (Phi) is 10.6. The van der Waals surface area contributed by atoms with E-state index in [1.54, 1.807) is 36.9 Å². The maximum absolute atomic E-state index is 13.4. The van der Waals surface area contributed by atoms with Crippen molar-refractivity contribution in [3.05, 3.63) is 82.0 Å². The van der Waals surface area contributed by atoms with Crippen LogP contribution in [0.5, 0.6) is 0 Å². The molecule has 0 spiro atoms. The molecule has 15 heteroatoms. The number of aryl methyl sites for hydroxylation is 2. The lowest BCUT2D eigenvalue weighted by Crippen LogP contribution is -2.44. The van der Waals surface area contributed by atoms with Gasteiger partial charge in [-0.3, -0.25) is 33.6 Å². The molecule has 0 bridgehead atoms. The summed E-state index contributed by atoms with van der Waals surface area (Å²) in [7, 11) is 3.45. The molecule has 54 heavy (non-hydrogen) atoms. The van der Waals surface area contributed by atoms with Crippen molar-refractivity contribution in [2.45, 2.75) is 82.5 Å². The van der Waals surface area contributed by atoms with Crippen LogP contribution < -0.4 is 27.0 Å². The van der Waals surface area contributed by atoms with Gasteiger partial charge in [-0.25, -0.2) is 18.7 Å². The number of unbranched alkanes of at least 4 members (excludes halogenated alkanes) is 5. The lowest BCUT2D eigenvalue weighted by Gasteiger charge is -2.21. The van der Waals surface area contributed by atoms with Crippen molar-refractivity contribution >= 4 is 46.0 Å². The second kappa shape index (κ2) is 15.6. The Balaban J connectivity index is 0.859. The fourth-order valence-electron chi connectivity index (χ4n) is 7.08. The number of hydrogen-bond acceptors (Lipinski definition) is 8. The summed E-state index contributed by atoms with van der Waals surface area (Å²) >= 11 is 0. The highest BCUT2D eigenvalue weighted by atomic mass is 19.1. The topological polar surface area (TPSA) is 174 Å². The van der Waals surface area contributed by atoms with Crippen molar-refractivity contribution in [1.82, 2.24) is 39.7 Å². The Labute approximate surface area is 310 Å². The summed E-state index contributed by atoms with van der Waals surface area (Å²) in [6.45, 7) is 0.558. The summed E-state index contributed by atoms with van der Waals surface area (Å²) < 4.78 is 17.9. The minimum atomic E-state index is -1.03. The first-order valence-corrected chi connectivity index (χ1v) is 18.6. The van der Waals surface area contributed by atoms with Gasteiger partial charge >= 0.3 is 5.69 Å². The van der Waals surface area contributed by atoms with Crippen LogP contribution in [0, 0.1) is 0 Å². The molecule has 2 aliphatic rings. The zero-order valence-electron chi connectivity index (χ0n) is 30.4. The number of imidazole rings is 2. The number of carbonyl (C=O) groups is 4. The summed E-state index contributed by atoms with van der Waals surface area (Å²) in [5, 5.41) is 15.8. The molecule has 1 saturated carbocycles. The number of rotatable bonds is 15. The number of nitrogens with zero attached hydrogens (tertiary/aromatic N) is 5. The Hall–Kier alpha value is -5.86. The van der Waals surface area contributed by atoms with E-state index in [0.717, 1.165) is 56.0 Å². The van der Waals surface area contributed by atoms with E-state index in [4.69, 9.17) is 0 Å². The van der Waals surface area contributed by atoms with Crippen LogP contribution in [-0.4, -0.2) is 73.2 Å². The van der Waals surface area contributed by atoms with Crippen molar-refractivity contribution in [3.63, 3.8) is 0 Å². The lowest BCUT2D eigenvalue weighted by molar-refractivity contribution is -0.135. The van der Waals surface area contributed by atoms with Crippen molar-refractivity contribution in [2.75, 3.05) is 18.9 Å². The highest BCUT2D eigenvalue weighted by molar-refractivity contribution is 6.00. The van der Waals surface area contributed by atoms with Crippen LogP contribution in [0.15, 0.2) is 59.5 Å². The van der Waals surface area contributed by atoms with Gasteiger partial charge in [0.1, 0.15) is 12.2 Å². The van der Waals surface area contributed by atoms with Crippen LogP contribution in [0.4, 0.5) is 10.1 Å². The molecule has 1 aliphatic heterocycles. The van der Waals surface area contributed by atoms with Gasteiger partial charge in [0.15, 0.2) is 11.3 Å². The lowest BCUT2D eigenvalue weighted by atomic mass is 10.0. The molecule has 5 aromatic rings. The summed E-state index contributed by atoms with van der Waals surface area (Å²) in [6, 6.07) is 13.7. The quantitative estimate of drug-likeness (QED) is 0.0913. The molecular formula is C39H44FN9O5. The molecule has 0 radical (unpaired) electrons. The van der Waals surface area contributed by atoms with Gasteiger partial charge in [-0.2, -0.15) is 5.10 Å². The summed E-state index contributed by atoms with van der Waals surface area (Å²) in [6.07, 6.45) is 8.15. The largest absolute Gasteiger partial charge is 0.385 e. The molecule has 282 valence electrons. The number of carbonyl (C=O) groups excluding carboxylic acids is 4. The molecule has 1 aliphatic carbocycles. The first-order chi connectivity index (χ1) is 26.1. The van der Waals surface area contributed by atoms with E-state index >= 15 is 0 Å². The third-order valence-electron chi connectivity index (χ3n) is 10.3. The Morgan fingerprint density at radius 2 is 1.74 bits per heavy atom. The van der Waals surface area contributed by atoms with E-state index in [1.165, 1.54) is 15.3 Å². The molecular weight excluding hydrogens is 693 g/mol. The van der Waals surface area contributed by atoms with Crippen LogP contribution in [0.1, 0.15) is 90.2 Å². The SMILES string of the molecule is CNc1cc(-c2cccc(C(=O)NCCCCCCCCc3ccc4c(c3)n(C)c(=O)n4C3CCC(=O)NC3=O)c2)nn2c(C(=O)NC3C[C@@H]3F)cnc12. The normalized spacial score (nSPS) is 18.2. The molecule has 14 nitrogen and oxygen atoms in total. The highest BCUT2D eigenvalue weighted by Crippen LogP contribution is 2.28. The molecule has 4 N–H and O–H groups in total. The maximum atomic E-state index is 13.4. The zero-order chi connectivity index (χ0) is 37.9. The van der Waals surface area contributed by atoms with Gasteiger partial charge in [0.25, 0.3) is 11.8 Å². The van der Waals surface area contributed by atoms with Crippen molar-refractivity contribution in [2.24, 2.45) is 7.05 Å². The number of fused-ring (bicyclic) bond motifs is 2. The minimum Gasteiger partial charge on any atom is -0.385 e. The van der Waals surface area contributed by atoms with Crippen molar-refractivity contribution in [1.29, 1.82) is 0 Å². The fraction of sp³-hybridized carbons (Fsp3) is 0.410. The number of alkyl halides is 1. The van der Waals surface area contributed by atoms with Gasteiger partial charge in [-0.15, -0.1) is 0 Å². The number of nitrogens with one attached hydrogen (secondary N) is 4. The summed E-state index contributed by atoms with van der Waals surface area (Å²) in [5.74, 6) is -1.37. The molecule has 2 fully saturated rings. The average Bonchev–Trinajstić information content (AvgIpc) is 3.58. The third kappa shape index (κ3) is 7.61. The van der Waals surface area contributed by atoms with Gasteiger partial charge in [0.2, 0.25) is 11.8 Å². The molecule has 3 atom stereocenters. The van der Waals surface area contributed by atoms with Crippen molar-refractivity contribution < 1.29 is 23.6 Å². The first kappa shape index (κ1) is 36.5. The number of benzene rings is 2. The zero-order valence-corrected chi connectivity index (χ0v) is 30.4. The number of amides is 4. The van der Waals surface area contributed by atoms with Gasteiger partial charge in [0.05, 0.1) is 34.7 Å². The van der Waals surface area contributed by atoms with Crippen LogP contribution in [0.3, 0.4) is 0 Å². The number of halogens is 1. The molecule has 4 amide bonds. The standard InChI is InChI=1S/C39H44FN9O5/c1-41-29-21-27(46-49-33(22-43-35(29)49)38(53)44-28-20-26(28)40)24-11-9-12-25(19-24)36(51)42-17-8-6-4-3-5-7-10-23-13-14-30-32(18-23)47(2)39(54)48(30)31-15-16-34(50)45-37(31)52/h9,11-14,18-19,21-22,26,28,31,41H,3-8,10,15-17,20H2,1-2H3,(H,42,51)(H,44,53)(H,45,50,52)/t26-,28?,31?/m0/s1. The second-order valence-corrected chi connectivity index (χ2v) is 14.1. The molecule has 1 saturated heterocycles. The molecule has 2 unspecified atom stereocenters. The van der Waals surface area contributed by atoms with E-state index in [9.17, 15) is 28.4 Å². The predicted octanol–water partition coefficient (Wildman–Crippen LogP) is 4.22. The van der Waals surface area contributed by atoms with E-state index in [-0.39, 0.29) is 29.6 Å². The van der Waals surface area contributed by atoms with Crippen molar-refractivity contribution in [3.8, 4) is 11.3 Å². The number of aromatic nitrogens is 5. The number of anilines is 1. The van der Waals surface area contributed by atoms with Gasteiger partial charge < -0.3 is 16.0 Å². The molecule has 4 heterocycles. The van der Waals surface area contributed by atoms with Crippen LogP contribution in [-0.2, 0) is 23.1 Å². The van der Waals surface area contributed by atoms with Crippen LogP contribution in [0.25, 0.3) is 27.9 Å². The third-order valence-corrected chi connectivity index (χ3v) is 10.3. The van der Waals surface area contributed by atoms with Gasteiger partial charge in [0, 0.05) is 44.6 Å². The number of hydrogen-bond donors (Lipinski definition) is 4. The minimum absolute atomic E-state index is 0.179. The van der Waals surface area contributed by atoms with Crippen LogP contribution in [0.2, 0.25) is 0 Å². The fourth-order valence-corrected chi connectivity index (χ4v) is 7.08. The Morgan fingerprint density at radius 3 is 2.50 bits per heavy atom. The van der Waals surface area contributed by atoms with E-state index in [1.807, 2.05) is 30.3 Å². The monoisotopic (exact) mass is 737 g/mol. The molecule has 2 aromatic carbocycles. The van der Waals surface area contributed by atoms with E-state index in [0.29, 0.717) is 53.1 Å². The second-order valence-electron chi connectivity index (χ2n) is 14.1. The van der Waals surface area contributed by atoms with Gasteiger partial charge in [-0.1, -0.05) is 43.9 Å². The van der Waals surface area contributed by atoms with E-state index < -0.39 is 30.1 Å². The molecule has 7 rings (SSSR count). The molecule has 3 aromatic heterocycles. The number of imide groups is 1. The smallest absolute Gasteiger partial charge is 0.329 e. The summed E-state index contributed by atoms with van der Waals surface area (Å²) in [4.78, 5) is 67.3. The van der Waals surface area contributed by atoms with E-state index in [2.05, 4.69) is 31.3 Å². The Morgan fingerprint density at radius 1 is 0.963 bits per heavy atom. The van der Waals surface area contributed by atoms with Gasteiger partial charge in [-0.05, 0) is 61.6 Å². The first-order valence-electron chi connectivity index (χ1n) is 18.6. The highest BCUT2D eigenvalue weighted by Gasteiger charge is 2.39. The van der Waals surface area contributed by atoms with Crippen LogP contribution >= 0.6 is 0 Å². The predicted molar refractivity (Wildman–Crippen MR) is 201 cm³/mol.